The molecule has 0 saturated carbocycles. The van der Waals surface area contributed by atoms with Crippen LogP contribution in [0.3, 0.4) is 0 Å². The van der Waals surface area contributed by atoms with Gasteiger partial charge >= 0.3 is 5.69 Å². The Kier molecular flexibility index (Phi) is 6.39. The molecule has 0 aliphatic rings. The molecule has 0 atom stereocenters. The van der Waals surface area contributed by atoms with E-state index in [0.29, 0.717) is 0 Å². The van der Waals surface area contributed by atoms with Crippen molar-refractivity contribution in [3.05, 3.63) is 51.7 Å². The average molecular weight is 337 g/mol. The van der Waals surface area contributed by atoms with Gasteiger partial charge in [0.25, 0.3) is 0 Å². The van der Waals surface area contributed by atoms with Crippen LogP contribution >= 0.6 is 0 Å². The van der Waals surface area contributed by atoms with Gasteiger partial charge in [0.1, 0.15) is 22.9 Å². The number of rotatable bonds is 4. The van der Waals surface area contributed by atoms with Crippen molar-refractivity contribution in [3.63, 3.8) is 0 Å². The molecule has 0 amide bonds. The second kappa shape index (κ2) is 7.83. The lowest BCUT2D eigenvalue weighted by atomic mass is 10.1. The Morgan fingerprint density at radius 2 is 1.83 bits per heavy atom. The quantitative estimate of drug-likeness (QED) is 0.653. The van der Waals surface area contributed by atoms with Gasteiger partial charge in [0.05, 0.1) is 28.3 Å². The first kappa shape index (κ1) is 18.8. The Balaban J connectivity index is 0.00000264. The summed E-state index contributed by atoms with van der Waals surface area (Å²) in [4.78, 5) is 12.1. The summed E-state index contributed by atoms with van der Waals surface area (Å²) in [6.07, 6.45) is 3.81. The second-order valence-corrected chi connectivity index (χ2v) is 5.05. The van der Waals surface area contributed by atoms with Crippen molar-refractivity contribution in [1.82, 2.24) is 4.57 Å². The SMILES string of the molecule is COc1ccc(OC)c(/C=C/c2cc(C)[n+](C)c(=O)n2C)c1.[Cl-]. The largest absolute Gasteiger partial charge is 1.00 e. The third kappa shape index (κ3) is 3.93. The summed E-state index contributed by atoms with van der Waals surface area (Å²) in [5.41, 5.74) is 2.56. The van der Waals surface area contributed by atoms with E-state index >= 15 is 0 Å². The molecule has 124 valence electrons. The summed E-state index contributed by atoms with van der Waals surface area (Å²) >= 11 is 0. The predicted octanol–water partition coefficient (Wildman–Crippen LogP) is -1.29. The molecule has 2 aromatic rings. The van der Waals surface area contributed by atoms with Crippen LogP contribution in [0.15, 0.2) is 29.1 Å². The Morgan fingerprint density at radius 1 is 1.13 bits per heavy atom. The van der Waals surface area contributed by atoms with E-state index < -0.39 is 0 Å². The molecule has 0 radical (unpaired) electrons. The molecular formula is C17H21ClN2O3. The maximum atomic E-state index is 12.1. The molecule has 6 heteroatoms. The lowest BCUT2D eigenvalue weighted by molar-refractivity contribution is -0.696. The number of aryl methyl sites for hydroxylation is 1. The summed E-state index contributed by atoms with van der Waals surface area (Å²) in [5.74, 6) is 1.50. The van der Waals surface area contributed by atoms with Crippen molar-refractivity contribution in [2.24, 2.45) is 14.1 Å². The number of aromatic nitrogens is 2. The molecule has 0 saturated heterocycles. The molecule has 0 fully saturated rings. The Morgan fingerprint density at radius 3 is 2.43 bits per heavy atom. The van der Waals surface area contributed by atoms with E-state index in [0.717, 1.165) is 28.5 Å². The smallest absolute Gasteiger partial charge is 0.498 e. The van der Waals surface area contributed by atoms with Crippen molar-refractivity contribution in [3.8, 4) is 11.5 Å². The highest BCUT2D eigenvalue weighted by molar-refractivity contribution is 5.72. The summed E-state index contributed by atoms with van der Waals surface area (Å²) in [6, 6.07) is 7.56. The molecular weight excluding hydrogens is 316 g/mol. The molecule has 1 aromatic carbocycles. The minimum absolute atomic E-state index is 0. The molecule has 0 N–H and O–H groups in total. The van der Waals surface area contributed by atoms with Gasteiger partial charge < -0.3 is 21.9 Å². The highest BCUT2D eigenvalue weighted by Gasteiger charge is 2.11. The lowest BCUT2D eigenvalue weighted by Crippen LogP contribution is -3.00. The van der Waals surface area contributed by atoms with Crippen molar-refractivity contribution in [1.29, 1.82) is 0 Å². The third-order valence-electron chi connectivity index (χ3n) is 3.72. The van der Waals surface area contributed by atoms with Crippen LogP contribution in [-0.2, 0) is 14.1 Å². The highest BCUT2D eigenvalue weighted by Crippen LogP contribution is 2.25. The van der Waals surface area contributed by atoms with E-state index in [2.05, 4.69) is 0 Å². The van der Waals surface area contributed by atoms with E-state index in [1.165, 1.54) is 0 Å². The molecule has 5 nitrogen and oxygen atoms in total. The molecule has 0 unspecified atom stereocenters. The summed E-state index contributed by atoms with van der Waals surface area (Å²) in [7, 11) is 6.77. The van der Waals surface area contributed by atoms with Crippen molar-refractivity contribution in [2.75, 3.05) is 14.2 Å². The van der Waals surface area contributed by atoms with Gasteiger partial charge in [-0.3, -0.25) is 0 Å². The Labute approximate surface area is 142 Å². The van der Waals surface area contributed by atoms with Crippen LogP contribution in [0.25, 0.3) is 12.2 Å². The average Bonchev–Trinajstić information content (AvgIpc) is 2.54. The highest BCUT2D eigenvalue weighted by atomic mass is 35.5. The molecule has 0 bridgehead atoms. The van der Waals surface area contributed by atoms with Gasteiger partial charge in [-0.2, -0.15) is 13.9 Å². The number of hydrogen-bond donors (Lipinski definition) is 0. The topological polar surface area (TPSA) is 44.3 Å². The van der Waals surface area contributed by atoms with Gasteiger partial charge in [-0.1, -0.05) is 0 Å². The van der Waals surface area contributed by atoms with Gasteiger partial charge in [-0.25, -0.2) is 0 Å². The van der Waals surface area contributed by atoms with E-state index in [-0.39, 0.29) is 18.1 Å². The molecule has 0 aliphatic heterocycles. The van der Waals surface area contributed by atoms with Crippen LogP contribution < -0.4 is 32.1 Å². The molecule has 0 aliphatic carbocycles. The van der Waals surface area contributed by atoms with Crippen LogP contribution in [0.4, 0.5) is 0 Å². The molecule has 1 heterocycles. The second-order valence-electron chi connectivity index (χ2n) is 5.05. The van der Waals surface area contributed by atoms with Gasteiger partial charge in [-0.05, 0) is 37.3 Å². The monoisotopic (exact) mass is 336 g/mol. The minimum Gasteiger partial charge on any atom is -1.00 e. The van der Waals surface area contributed by atoms with E-state index in [1.54, 1.807) is 37.4 Å². The fourth-order valence-corrected chi connectivity index (χ4v) is 2.20. The zero-order valence-corrected chi connectivity index (χ0v) is 14.7. The van der Waals surface area contributed by atoms with E-state index in [1.807, 2.05) is 43.3 Å². The van der Waals surface area contributed by atoms with Crippen molar-refractivity contribution >= 4 is 12.2 Å². The number of benzene rings is 1. The Hall–Kier alpha value is -2.27. The maximum absolute atomic E-state index is 12.1. The first-order chi connectivity index (χ1) is 10.5. The van der Waals surface area contributed by atoms with Gasteiger partial charge in [0.2, 0.25) is 0 Å². The molecule has 1 aromatic heterocycles. The summed E-state index contributed by atoms with van der Waals surface area (Å²) in [6.45, 7) is 1.91. The minimum atomic E-state index is -0.0581. The van der Waals surface area contributed by atoms with Crippen LogP contribution in [0.2, 0.25) is 0 Å². The fraction of sp³-hybridized carbons (Fsp3) is 0.294. The third-order valence-corrected chi connectivity index (χ3v) is 3.72. The Bertz CT molecular complexity index is 782. The van der Waals surface area contributed by atoms with Gasteiger partial charge in [0, 0.05) is 11.6 Å². The van der Waals surface area contributed by atoms with E-state index in [4.69, 9.17) is 9.47 Å². The van der Waals surface area contributed by atoms with Crippen LogP contribution in [0, 0.1) is 6.92 Å². The van der Waals surface area contributed by atoms with Crippen molar-refractivity contribution in [2.45, 2.75) is 6.92 Å². The summed E-state index contributed by atoms with van der Waals surface area (Å²) in [5, 5.41) is 0. The normalized spacial score (nSPS) is 10.5. The maximum Gasteiger partial charge on any atom is 0.498 e. The number of methoxy groups -OCH3 is 2. The molecule has 23 heavy (non-hydrogen) atoms. The first-order valence-corrected chi connectivity index (χ1v) is 6.94. The number of halogens is 1. The van der Waals surface area contributed by atoms with Gasteiger partial charge in [0.15, 0.2) is 0 Å². The first-order valence-electron chi connectivity index (χ1n) is 6.94. The van der Waals surface area contributed by atoms with Crippen LogP contribution in [0.1, 0.15) is 17.0 Å². The van der Waals surface area contributed by atoms with E-state index in [9.17, 15) is 4.79 Å². The molecule has 0 spiro atoms. The standard InChI is InChI=1S/C17H21N2O3.ClH/c1-12-10-14(19(3)17(20)18(12)2)7-6-13-11-15(21-4)8-9-16(13)22-5;/h6-11H,1-5H3;1H/q+1;/p-1/b7-6+;. The molecule has 2 rings (SSSR count). The van der Waals surface area contributed by atoms with Crippen LogP contribution in [0.5, 0.6) is 11.5 Å². The summed E-state index contributed by atoms with van der Waals surface area (Å²) < 4.78 is 13.8. The lowest BCUT2D eigenvalue weighted by Gasteiger charge is -2.07. The number of hydrogen-bond acceptors (Lipinski definition) is 3. The number of ether oxygens (including phenoxy) is 2. The predicted molar refractivity (Wildman–Crippen MR) is 86.1 cm³/mol. The van der Waals surface area contributed by atoms with Crippen molar-refractivity contribution < 1.29 is 26.4 Å². The number of nitrogens with zero attached hydrogens (tertiary/aromatic N) is 2. The zero-order valence-electron chi connectivity index (χ0n) is 14.0. The van der Waals surface area contributed by atoms with Crippen LogP contribution in [-0.4, -0.2) is 18.8 Å². The van der Waals surface area contributed by atoms with Gasteiger partial charge in [-0.15, -0.1) is 0 Å². The zero-order chi connectivity index (χ0) is 16.3. The fourth-order valence-electron chi connectivity index (χ4n) is 2.20.